The van der Waals surface area contributed by atoms with Crippen LogP contribution in [0.15, 0.2) is 12.7 Å². The maximum atomic E-state index is 10.9. The summed E-state index contributed by atoms with van der Waals surface area (Å²) in [7, 11) is 1.50. The molecule has 1 aliphatic rings. The van der Waals surface area contributed by atoms with Crippen molar-refractivity contribution in [3.63, 3.8) is 0 Å². The first-order valence-corrected chi connectivity index (χ1v) is 3.28. The van der Waals surface area contributed by atoms with Crippen molar-refractivity contribution in [2.75, 3.05) is 7.11 Å². The van der Waals surface area contributed by atoms with Gasteiger partial charge in [-0.2, -0.15) is 0 Å². The Balaban J connectivity index is 2.62. The first kappa shape index (κ1) is 7.28. The predicted octanol–water partition coefficient (Wildman–Crippen LogP) is 0.725. The molecule has 0 radical (unpaired) electrons. The first-order chi connectivity index (χ1) is 4.79. The Morgan fingerprint density at radius 1 is 1.90 bits per heavy atom. The van der Waals surface area contributed by atoms with Crippen LogP contribution in [0.25, 0.3) is 0 Å². The molecule has 0 aliphatic carbocycles. The van der Waals surface area contributed by atoms with E-state index in [1.807, 2.05) is 0 Å². The van der Waals surface area contributed by atoms with E-state index in [1.54, 1.807) is 6.08 Å². The standard InChI is InChI=1S/C7H11NO2/c1-3-6-4-5-7(9)8(6)10-2/h3,6H,1,4-5H2,2H3. The van der Waals surface area contributed by atoms with E-state index in [1.165, 1.54) is 12.2 Å². The zero-order chi connectivity index (χ0) is 7.56. The number of nitrogens with zero attached hydrogens (tertiary/aromatic N) is 1. The highest BCUT2D eigenvalue weighted by Crippen LogP contribution is 2.18. The van der Waals surface area contributed by atoms with Crippen molar-refractivity contribution in [2.24, 2.45) is 0 Å². The molecule has 1 unspecified atom stereocenters. The molecule has 0 bridgehead atoms. The average molecular weight is 141 g/mol. The van der Waals surface area contributed by atoms with Gasteiger partial charge in [-0.05, 0) is 6.42 Å². The van der Waals surface area contributed by atoms with Crippen LogP contribution in [0.4, 0.5) is 0 Å². The summed E-state index contributed by atoms with van der Waals surface area (Å²) >= 11 is 0. The van der Waals surface area contributed by atoms with Crippen LogP contribution in [0.2, 0.25) is 0 Å². The van der Waals surface area contributed by atoms with E-state index in [0.29, 0.717) is 6.42 Å². The topological polar surface area (TPSA) is 29.5 Å². The molecule has 1 saturated heterocycles. The molecule has 0 spiro atoms. The van der Waals surface area contributed by atoms with Gasteiger partial charge in [-0.15, -0.1) is 6.58 Å². The first-order valence-electron chi connectivity index (χ1n) is 3.28. The monoisotopic (exact) mass is 141 g/mol. The molecular formula is C7H11NO2. The molecule has 1 aliphatic heterocycles. The summed E-state index contributed by atoms with van der Waals surface area (Å²) in [5, 5.41) is 1.37. The van der Waals surface area contributed by atoms with E-state index in [2.05, 4.69) is 6.58 Å². The second kappa shape index (κ2) is 2.84. The van der Waals surface area contributed by atoms with Crippen LogP contribution in [-0.2, 0) is 9.63 Å². The fourth-order valence-corrected chi connectivity index (χ4v) is 1.13. The van der Waals surface area contributed by atoms with Gasteiger partial charge >= 0.3 is 0 Å². The third kappa shape index (κ3) is 1.04. The Bertz CT molecular complexity index is 156. The zero-order valence-corrected chi connectivity index (χ0v) is 6.04. The third-order valence-electron chi connectivity index (χ3n) is 1.67. The lowest BCUT2D eigenvalue weighted by atomic mass is 10.2. The van der Waals surface area contributed by atoms with Crippen molar-refractivity contribution >= 4 is 5.91 Å². The molecule has 56 valence electrons. The van der Waals surface area contributed by atoms with Gasteiger partial charge in [-0.3, -0.25) is 9.63 Å². The quantitative estimate of drug-likeness (QED) is 0.530. The van der Waals surface area contributed by atoms with Crippen LogP contribution in [0, 0.1) is 0 Å². The van der Waals surface area contributed by atoms with Crippen molar-refractivity contribution in [3.05, 3.63) is 12.7 Å². The second-order valence-electron chi connectivity index (χ2n) is 2.24. The minimum atomic E-state index is 0.0485. The molecule has 0 aromatic rings. The van der Waals surface area contributed by atoms with Gasteiger partial charge in [0.2, 0.25) is 5.91 Å². The Kier molecular flexibility index (Phi) is 2.06. The highest BCUT2D eigenvalue weighted by molar-refractivity contribution is 5.77. The SMILES string of the molecule is C=CC1CCC(=O)N1OC. The predicted molar refractivity (Wildman–Crippen MR) is 37.1 cm³/mol. The number of carbonyl (C=O) groups excluding carboxylic acids is 1. The number of rotatable bonds is 2. The van der Waals surface area contributed by atoms with Gasteiger partial charge in [0, 0.05) is 6.42 Å². The van der Waals surface area contributed by atoms with Gasteiger partial charge < -0.3 is 0 Å². The number of hydroxylamine groups is 2. The van der Waals surface area contributed by atoms with Crippen LogP contribution in [0.1, 0.15) is 12.8 Å². The van der Waals surface area contributed by atoms with Crippen LogP contribution in [-0.4, -0.2) is 24.1 Å². The lowest BCUT2D eigenvalue weighted by Gasteiger charge is -2.17. The fraction of sp³-hybridized carbons (Fsp3) is 0.571. The van der Waals surface area contributed by atoms with Gasteiger partial charge in [-0.1, -0.05) is 6.08 Å². The second-order valence-corrected chi connectivity index (χ2v) is 2.24. The van der Waals surface area contributed by atoms with Gasteiger partial charge in [0.15, 0.2) is 0 Å². The largest absolute Gasteiger partial charge is 0.274 e. The summed E-state index contributed by atoms with van der Waals surface area (Å²) in [5.41, 5.74) is 0. The lowest BCUT2D eigenvalue weighted by Crippen LogP contribution is -2.30. The Hall–Kier alpha value is -0.830. The summed E-state index contributed by atoms with van der Waals surface area (Å²) in [6.45, 7) is 3.60. The van der Waals surface area contributed by atoms with Crippen molar-refractivity contribution in [2.45, 2.75) is 18.9 Å². The highest BCUT2D eigenvalue weighted by atomic mass is 16.7. The fourth-order valence-electron chi connectivity index (χ4n) is 1.13. The number of hydrogen-bond donors (Lipinski definition) is 0. The normalized spacial score (nSPS) is 25.5. The lowest BCUT2D eigenvalue weighted by molar-refractivity contribution is -0.173. The third-order valence-corrected chi connectivity index (χ3v) is 1.67. The number of carbonyl (C=O) groups is 1. The molecule has 1 fully saturated rings. The molecule has 3 heteroatoms. The summed E-state index contributed by atoms with van der Waals surface area (Å²) in [5.74, 6) is 0.0485. The molecule has 0 saturated carbocycles. The van der Waals surface area contributed by atoms with E-state index in [-0.39, 0.29) is 11.9 Å². The van der Waals surface area contributed by atoms with Gasteiger partial charge in [0.25, 0.3) is 0 Å². The van der Waals surface area contributed by atoms with Gasteiger partial charge in [-0.25, -0.2) is 5.06 Å². The van der Waals surface area contributed by atoms with Crippen molar-refractivity contribution < 1.29 is 9.63 Å². The van der Waals surface area contributed by atoms with Crippen molar-refractivity contribution in [1.29, 1.82) is 0 Å². The molecule has 0 aromatic heterocycles. The van der Waals surface area contributed by atoms with Crippen LogP contribution >= 0.6 is 0 Å². The smallest absolute Gasteiger partial charge is 0.246 e. The van der Waals surface area contributed by atoms with Crippen LogP contribution in [0.3, 0.4) is 0 Å². The molecule has 1 amide bonds. The summed E-state index contributed by atoms with van der Waals surface area (Å²) in [6.07, 6.45) is 3.13. The van der Waals surface area contributed by atoms with Crippen molar-refractivity contribution in [3.8, 4) is 0 Å². The zero-order valence-electron chi connectivity index (χ0n) is 6.04. The number of amides is 1. The highest BCUT2D eigenvalue weighted by Gasteiger charge is 2.28. The maximum absolute atomic E-state index is 10.9. The number of hydrogen-bond acceptors (Lipinski definition) is 2. The van der Waals surface area contributed by atoms with E-state index in [4.69, 9.17) is 4.84 Å². The average Bonchev–Trinajstić information content (AvgIpc) is 2.30. The Morgan fingerprint density at radius 2 is 2.60 bits per heavy atom. The van der Waals surface area contributed by atoms with E-state index < -0.39 is 0 Å². The molecule has 10 heavy (non-hydrogen) atoms. The minimum Gasteiger partial charge on any atom is -0.274 e. The molecule has 0 aromatic carbocycles. The summed E-state index contributed by atoms with van der Waals surface area (Å²) in [4.78, 5) is 15.8. The van der Waals surface area contributed by atoms with E-state index in [9.17, 15) is 4.79 Å². The molecule has 3 nitrogen and oxygen atoms in total. The van der Waals surface area contributed by atoms with E-state index in [0.717, 1.165) is 6.42 Å². The maximum Gasteiger partial charge on any atom is 0.246 e. The summed E-state index contributed by atoms with van der Waals surface area (Å²) < 4.78 is 0. The van der Waals surface area contributed by atoms with Gasteiger partial charge in [0.05, 0.1) is 13.2 Å². The molecule has 1 heterocycles. The van der Waals surface area contributed by atoms with Crippen LogP contribution in [0.5, 0.6) is 0 Å². The van der Waals surface area contributed by atoms with Crippen LogP contribution < -0.4 is 0 Å². The molecular weight excluding hydrogens is 130 g/mol. The van der Waals surface area contributed by atoms with Gasteiger partial charge in [0.1, 0.15) is 0 Å². The van der Waals surface area contributed by atoms with Crippen molar-refractivity contribution in [1.82, 2.24) is 5.06 Å². The van der Waals surface area contributed by atoms with E-state index >= 15 is 0 Å². The molecule has 0 N–H and O–H groups in total. The summed E-state index contributed by atoms with van der Waals surface area (Å²) in [6, 6.07) is 0.0810. The Labute approximate surface area is 60.2 Å². The Morgan fingerprint density at radius 3 is 3.00 bits per heavy atom. The minimum absolute atomic E-state index is 0.0485. The molecule has 1 atom stereocenters. The molecule has 1 rings (SSSR count).